The summed E-state index contributed by atoms with van der Waals surface area (Å²) in [6, 6.07) is 21.9. The van der Waals surface area contributed by atoms with Gasteiger partial charge < -0.3 is 10.3 Å². The van der Waals surface area contributed by atoms with E-state index in [1.165, 1.54) is 11.3 Å². The summed E-state index contributed by atoms with van der Waals surface area (Å²) in [6.07, 6.45) is 5.98. The summed E-state index contributed by atoms with van der Waals surface area (Å²) in [6.45, 7) is 2.03. The van der Waals surface area contributed by atoms with Crippen molar-refractivity contribution in [2.75, 3.05) is 4.90 Å². The standard InChI is InChI=1S/C33H32N4O3/c1-20-11-13-21(14-12-20)30-29-26(25-9-5-6-10-27(25)35-29)19-28-32(39)36(33(40)37(28)30)24-17-15-22(16-18-24)31(38)34-23-7-3-2-4-8-23/h5-6,9-18,23,28,30,35H,2-4,7-8,19H2,1H3,(H,34,38)/t28-,30+/m0/s1. The number of fused-ring (bicyclic) bond motifs is 4. The molecule has 1 aliphatic carbocycles. The second kappa shape index (κ2) is 9.66. The topological polar surface area (TPSA) is 85.5 Å². The first-order chi connectivity index (χ1) is 19.5. The second-order valence-electron chi connectivity index (χ2n) is 11.3. The minimum absolute atomic E-state index is 0.111. The fraction of sp³-hybridized carbons (Fsp3) is 0.303. The van der Waals surface area contributed by atoms with Gasteiger partial charge >= 0.3 is 6.03 Å². The van der Waals surface area contributed by atoms with Gasteiger partial charge in [0.25, 0.3) is 11.8 Å². The summed E-state index contributed by atoms with van der Waals surface area (Å²) in [7, 11) is 0. The number of hydrogen-bond acceptors (Lipinski definition) is 3. The lowest BCUT2D eigenvalue weighted by molar-refractivity contribution is -0.120. The number of aromatic nitrogens is 1. The van der Waals surface area contributed by atoms with Gasteiger partial charge in [-0.05, 0) is 61.2 Å². The van der Waals surface area contributed by atoms with E-state index < -0.39 is 12.1 Å². The number of aryl methyl sites for hydroxylation is 1. The molecule has 1 aromatic heterocycles. The van der Waals surface area contributed by atoms with Gasteiger partial charge in [0.05, 0.1) is 5.69 Å². The van der Waals surface area contributed by atoms with Crippen LogP contribution in [0.4, 0.5) is 10.5 Å². The van der Waals surface area contributed by atoms with Crippen molar-refractivity contribution in [1.29, 1.82) is 0 Å². The number of carbonyl (C=O) groups excluding carboxylic acids is 3. The fourth-order valence-corrected chi connectivity index (χ4v) is 6.68. The maximum Gasteiger partial charge on any atom is 0.332 e. The Labute approximate surface area is 233 Å². The Hall–Kier alpha value is -4.39. The van der Waals surface area contributed by atoms with Crippen LogP contribution in [0.3, 0.4) is 0 Å². The highest BCUT2D eigenvalue weighted by Gasteiger charge is 2.53. The van der Waals surface area contributed by atoms with Crippen molar-refractivity contribution in [3.8, 4) is 0 Å². The number of benzene rings is 3. The first-order valence-corrected chi connectivity index (χ1v) is 14.2. The van der Waals surface area contributed by atoms with E-state index in [2.05, 4.69) is 16.4 Å². The van der Waals surface area contributed by atoms with Crippen molar-refractivity contribution < 1.29 is 14.4 Å². The van der Waals surface area contributed by atoms with Gasteiger partial charge in [-0.1, -0.05) is 67.3 Å². The van der Waals surface area contributed by atoms with E-state index in [0.717, 1.165) is 59.0 Å². The molecule has 2 N–H and O–H groups in total. The third kappa shape index (κ3) is 3.99. The van der Waals surface area contributed by atoms with Gasteiger partial charge in [0.1, 0.15) is 12.1 Å². The van der Waals surface area contributed by atoms with Crippen LogP contribution in [-0.2, 0) is 11.2 Å². The molecule has 7 nitrogen and oxygen atoms in total. The lowest BCUT2D eigenvalue weighted by Gasteiger charge is -2.36. The smallest absolute Gasteiger partial charge is 0.332 e. The van der Waals surface area contributed by atoms with Gasteiger partial charge in [0.15, 0.2) is 0 Å². The van der Waals surface area contributed by atoms with Crippen molar-refractivity contribution in [2.24, 2.45) is 0 Å². The maximum absolute atomic E-state index is 14.0. The molecule has 7 rings (SSSR count). The number of carbonyl (C=O) groups is 3. The molecule has 3 heterocycles. The zero-order valence-corrected chi connectivity index (χ0v) is 22.5. The van der Waals surface area contributed by atoms with Gasteiger partial charge in [-0.3, -0.25) is 14.5 Å². The quantitative estimate of drug-likeness (QED) is 0.315. The number of aromatic amines is 1. The molecule has 4 aromatic rings. The number of rotatable bonds is 4. The number of hydrogen-bond donors (Lipinski definition) is 2. The number of urea groups is 1. The Bertz CT molecular complexity index is 1620. The minimum atomic E-state index is -0.611. The van der Waals surface area contributed by atoms with E-state index in [4.69, 9.17) is 0 Å². The Morgan fingerprint density at radius 1 is 0.900 bits per heavy atom. The van der Waals surface area contributed by atoms with Crippen LogP contribution in [0.1, 0.15) is 70.9 Å². The number of anilines is 1. The zero-order valence-electron chi connectivity index (χ0n) is 22.5. The molecule has 2 atom stereocenters. The minimum Gasteiger partial charge on any atom is -0.356 e. The molecule has 0 spiro atoms. The SMILES string of the molecule is Cc1ccc([C@@H]2c3[nH]c4ccccc4c3C[C@H]3C(=O)N(c4ccc(C(=O)NC5CCCCC5)cc4)C(=O)N23)cc1. The van der Waals surface area contributed by atoms with Crippen molar-refractivity contribution >= 4 is 34.4 Å². The van der Waals surface area contributed by atoms with Crippen LogP contribution >= 0.6 is 0 Å². The number of H-pyrrole nitrogens is 1. The van der Waals surface area contributed by atoms with Crippen LogP contribution in [0.5, 0.6) is 0 Å². The van der Waals surface area contributed by atoms with Crippen LogP contribution in [0.2, 0.25) is 0 Å². The van der Waals surface area contributed by atoms with Crippen LogP contribution in [0, 0.1) is 6.92 Å². The lowest BCUT2D eigenvalue weighted by atomic mass is 9.88. The molecule has 7 heteroatoms. The van der Waals surface area contributed by atoms with E-state index in [-0.39, 0.29) is 23.9 Å². The highest BCUT2D eigenvalue weighted by atomic mass is 16.2. The van der Waals surface area contributed by atoms with Gasteiger partial charge in [0, 0.05) is 34.6 Å². The summed E-state index contributed by atoms with van der Waals surface area (Å²) in [5.41, 5.74) is 6.15. The van der Waals surface area contributed by atoms with E-state index in [9.17, 15) is 14.4 Å². The molecule has 0 bridgehead atoms. The largest absolute Gasteiger partial charge is 0.356 e. The van der Waals surface area contributed by atoms with Crippen LogP contribution in [-0.4, -0.2) is 39.8 Å². The molecule has 40 heavy (non-hydrogen) atoms. The number of imide groups is 1. The molecular weight excluding hydrogens is 500 g/mol. The fourth-order valence-electron chi connectivity index (χ4n) is 6.68. The normalized spacial score (nSPS) is 21.0. The number of nitrogens with zero attached hydrogens (tertiary/aromatic N) is 2. The zero-order chi connectivity index (χ0) is 27.4. The first-order valence-electron chi connectivity index (χ1n) is 14.2. The summed E-state index contributed by atoms with van der Waals surface area (Å²) in [4.78, 5) is 47.4. The number of nitrogens with one attached hydrogen (secondary N) is 2. The highest BCUT2D eigenvalue weighted by molar-refractivity contribution is 6.22. The molecule has 3 aromatic carbocycles. The third-order valence-corrected chi connectivity index (χ3v) is 8.77. The van der Waals surface area contributed by atoms with Crippen molar-refractivity contribution in [3.63, 3.8) is 0 Å². The van der Waals surface area contributed by atoms with Crippen LogP contribution < -0.4 is 10.2 Å². The molecule has 2 fully saturated rings. The Kier molecular flexibility index (Phi) is 5.95. The van der Waals surface area contributed by atoms with Crippen molar-refractivity contribution in [1.82, 2.24) is 15.2 Å². The molecule has 2 aliphatic heterocycles. The first kappa shape index (κ1) is 24.6. The van der Waals surface area contributed by atoms with Gasteiger partial charge in [0.2, 0.25) is 0 Å². The Morgan fingerprint density at radius 2 is 1.62 bits per heavy atom. The molecular formula is C33H32N4O3. The molecule has 3 aliphatic rings. The van der Waals surface area contributed by atoms with Gasteiger partial charge in [-0.2, -0.15) is 0 Å². The highest BCUT2D eigenvalue weighted by Crippen LogP contribution is 2.44. The summed E-state index contributed by atoms with van der Waals surface area (Å²) >= 11 is 0. The third-order valence-electron chi connectivity index (χ3n) is 8.77. The average Bonchev–Trinajstić information content (AvgIpc) is 3.47. The maximum atomic E-state index is 14.0. The predicted octanol–water partition coefficient (Wildman–Crippen LogP) is 6.02. The van der Waals surface area contributed by atoms with Gasteiger partial charge in [-0.15, -0.1) is 0 Å². The average molecular weight is 533 g/mol. The van der Waals surface area contributed by atoms with Crippen LogP contribution in [0.15, 0.2) is 72.8 Å². The molecule has 202 valence electrons. The monoisotopic (exact) mass is 532 g/mol. The predicted molar refractivity (Wildman–Crippen MR) is 154 cm³/mol. The van der Waals surface area contributed by atoms with Crippen molar-refractivity contribution in [2.45, 2.75) is 63.6 Å². The summed E-state index contributed by atoms with van der Waals surface area (Å²) in [5, 5.41) is 4.22. The molecule has 4 amide bonds. The van der Waals surface area contributed by atoms with Crippen LogP contribution in [0.25, 0.3) is 10.9 Å². The van der Waals surface area contributed by atoms with E-state index in [1.807, 2.05) is 49.4 Å². The number of amides is 4. The van der Waals surface area contributed by atoms with Crippen molar-refractivity contribution in [3.05, 3.63) is 101 Å². The Balaban J connectivity index is 1.22. The number of para-hydroxylation sites is 1. The molecule has 1 saturated carbocycles. The van der Waals surface area contributed by atoms with E-state index in [1.54, 1.807) is 29.2 Å². The Morgan fingerprint density at radius 3 is 2.38 bits per heavy atom. The molecule has 1 saturated heterocycles. The second-order valence-corrected chi connectivity index (χ2v) is 11.3. The van der Waals surface area contributed by atoms with Gasteiger partial charge in [-0.25, -0.2) is 9.69 Å². The van der Waals surface area contributed by atoms with E-state index in [0.29, 0.717) is 17.7 Å². The molecule has 0 unspecified atom stereocenters. The summed E-state index contributed by atoms with van der Waals surface area (Å²) < 4.78 is 0. The molecule has 0 radical (unpaired) electrons. The lowest BCUT2D eigenvalue weighted by Crippen LogP contribution is -2.44. The van der Waals surface area contributed by atoms with E-state index >= 15 is 0 Å². The summed E-state index contributed by atoms with van der Waals surface area (Å²) in [5.74, 6) is -0.350.